The molecule has 0 unspecified atom stereocenters. The van der Waals surface area contributed by atoms with Crippen molar-refractivity contribution >= 4 is 22.9 Å². The molecule has 1 aliphatic heterocycles. The molecule has 5 nitrogen and oxygen atoms in total. The zero-order chi connectivity index (χ0) is 13.4. The van der Waals surface area contributed by atoms with Crippen LogP contribution < -0.4 is 10.2 Å². The Bertz CT molecular complexity index is 686. The van der Waals surface area contributed by atoms with Gasteiger partial charge in [-0.05, 0) is 24.3 Å². The molecule has 2 aromatic heterocycles. The second-order valence-corrected chi connectivity index (χ2v) is 4.92. The molecule has 4 rings (SSSR count). The normalized spacial score (nSPS) is 15.3. The third kappa shape index (κ3) is 1.97. The van der Waals surface area contributed by atoms with Gasteiger partial charge in [-0.1, -0.05) is 18.2 Å². The number of rotatable bonds is 3. The predicted octanol–water partition coefficient (Wildman–Crippen LogP) is 2.52. The topological polar surface area (TPSA) is 54.2 Å². The Balaban J connectivity index is 1.42. The van der Waals surface area contributed by atoms with Crippen LogP contribution in [0.2, 0.25) is 0 Å². The summed E-state index contributed by atoms with van der Waals surface area (Å²) in [5.74, 6) is 1.02. The number of pyridine rings is 1. The highest BCUT2D eigenvalue weighted by atomic mass is 16.4. The quantitative estimate of drug-likeness (QED) is 0.789. The maximum atomic E-state index is 5.66. The van der Waals surface area contributed by atoms with Crippen molar-refractivity contribution < 1.29 is 4.42 Å². The lowest BCUT2D eigenvalue weighted by molar-refractivity contribution is 0.516. The lowest BCUT2D eigenvalue weighted by Gasteiger charge is -2.39. The van der Waals surface area contributed by atoms with Crippen LogP contribution in [0.5, 0.6) is 0 Å². The Morgan fingerprint density at radius 1 is 1.10 bits per heavy atom. The third-order valence-corrected chi connectivity index (χ3v) is 3.48. The van der Waals surface area contributed by atoms with Crippen molar-refractivity contribution in [1.29, 1.82) is 0 Å². The number of aromatic nitrogens is 2. The Morgan fingerprint density at radius 2 is 1.95 bits per heavy atom. The summed E-state index contributed by atoms with van der Waals surface area (Å²) >= 11 is 0. The van der Waals surface area contributed by atoms with Crippen LogP contribution in [0.15, 0.2) is 53.1 Å². The van der Waals surface area contributed by atoms with E-state index in [0.29, 0.717) is 12.1 Å². The van der Waals surface area contributed by atoms with Crippen LogP contribution in [0.1, 0.15) is 0 Å². The summed E-state index contributed by atoms with van der Waals surface area (Å²) in [5, 5.41) is 3.32. The molecule has 1 aromatic carbocycles. The fourth-order valence-electron chi connectivity index (χ4n) is 2.41. The SMILES string of the molecule is c1ccc(N2CC(Nc3nc4ccccc4o3)C2)nc1. The van der Waals surface area contributed by atoms with Crippen LogP contribution in [0.3, 0.4) is 0 Å². The van der Waals surface area contributed by atoms with Crippen LogP contribution in [-0.2, 0) is 0 Å². The molecule has 0 atom stereocenters. The molecule has 3 heterocycles. The van der Waals surface area contributed by atoms with E-state index in [1.54, 1.807) is 0 Å². The number of benzene rings is 1. The first kappa shape index (κ1) is 11.3. The fourth-order valence-corrected chi connectivity index (χ4v) is 2.41. The maximum absolute atomic E-state index is 5.66. The molecule has 3 aromatic rings. The number of para-hydroxylation sites is 2. The molecule has 1 N–H and O–H groups in total. The number of hydrogen-bond donors (Lipinski definition) is 1. The van der Waals surface area contributed by atoms with E-state index in [2.05, 4.69) is 20.2 Å². The molecule has 0 amide bonds. The summed E-state index contributed by atoms with van der Waals surface area (Å²) < 4.78 is 5.66. The highest BCUT2D eigenvalue weighted by molar-refractivity contribution is 5.74. The molecular formula is C15H14N4O. The maximum Gasteiger partial charge on any atom is 0.296 e. The van der Waals surface area contributed by atoms with E-state index in [4.69, 9.17) is 4.42 Å². The van der Waals surface area contributed by atoms with Gasteiger partial charge in [0, 0.05) is 19.3 Å². The second-order valence-electron chi connectivity index (χ2n) is 4.92. The zero-order valence-corrected chi connectivity index (χ0v) is 10.9. The van der Waals surface area contributed by atoms with Gasteiger partial charge in [0.15, 0.2) is 5.58 Å². The van der Waals surface area contributed by atoms with E-state index in [0.717, 1.165) is 30.0 Å². The molecule has 0 aliphatic carbocycles. The number of nitrogens with zero attached hydrogens (tertiary/aromatic N) is 3. The Hall–Kier alpha value is -2.56. The Labute approximate surface area is 116 Å². The summed E-state index contributed by atoms with van der Waals surface area (Å²) in [7, 11) is 0. The van der Waals surface area contributed by atoms with Gasteiger partial charge in [-0.15, -0.1) is 0 Å². The predicted molar refractivity (Wildman–Crippen MR) is 77.9 cm³/mol. The first-order chi connectivity index (χ1) is 9.88. The standard InChI is InChI=1S/C15H14N4O/c1-2-6-13-12(5-1)18-15(20-13)17-11-9-19(10-11)14-7-3-4-8-16-14/h1-8,11H,9-10H2,(H,17,18). The van der Waals surface area contributed by atoms with Gasteiger partial charge in [-0.3, -0.25) is 0 Å². The first-order valence-corrected chi connectivity index (χ1v) is 6.66. The average Bonchev–Trinajstić information content (AvgIpc) is 2.86. The first-order valence-electron chi connectivity index (χ1n) is 6.66. The molecule has 1 fully saturated rings. The van der Waals surface area contributed by atoms with Gasteiger partial charge < -0.3 is 14.6 Å². The minimum atomic E-state index is 0.352. The van der Waals surface area contributed by atoms with Crippen molar-refractivity contribution in [2.75, 3.05) is 23.3 Å². The van der Waals surface area contributed by atoms with Crippen LogP contribution >= 0.6 is 0 Å². The van der Waals surface area contributed by atoms with Gasteiger partial charge in [-0.25, -0.2) is 4.98 Å². The zero-order valence-electron chi connectivity index (χ0n) is 10.9. The molecule has 5 heteroatoms. The summed E-state index contributed by atoms with van der Waals surface area (Å²) in [6.07, 6.45) is 1.82. The van der Waals surface area contributed by atoms with Crippen LogP contribution in [0.4, 0.5) is 11.8 Å². The molecular weight excluding hydrogens is 252 g/mol. The molecule has 100 valence electrons. The van der Waals surface area contributed by atoms with Gasteiger partial charge in [-0.2, -0.15) is 4.98 Å². The summed E-state index contributed by atoms with van der Waals surface area (Å²) in [6.45, 7) is 1.82. The molecule has 0 radical (unpaired) electrons. The summed E-state index contributed by atoms with van der Waals surface area (Å²) in [4.78, 5) is 11.0. The van der Waals surface area contributed by atoms with Crippen LogP contribution in [0, 0.1) is 0 Å². The van der Waals surface area contributed by atoms with E-state index >= 15 is 0 Å². The number of oxazole rings is 1. The monoisotopic (exact) mass is 266 g/mol. The van der Waals surface area contributed by atoms with Crippen molar-refractivity contribution in [2.24, 2.45) is 0 Å². The summed E-state index contributed by atoms with van der Waals surface area (Å²) in [5.41, 5.74) is 1.70. The van der Waals surface area contributed by atoms with Gasteiger partial charge in [0.1, 0.15) is 11.3 Å². The Kier molecular flexibility index (Phi) is 2.55. The average molecular weight is 266 g/mol. The molecule has 0 spiro atoms. The minimum absolute atomic E-state index is 0.352. The smallest absolute Gasteiger partial charge is 0.296 e. The highest BCUT2D eigenvalue weighted by Crippen LogP contribution is 2.23. The van der Waals surface area contributed by atoms with Gasteiger partial charge in [0.25, 0.3) is 6.01 Å². The molecule has 20 heavy (non-hydrogen) atoms. The fraction of sp³-hybridized carbons (Fsp3) is 0.200. The van der Waals surface area contributed by atoms with Crippen molar-refractivity contribution in [3.8, 4) is 0 Å². The molecule has 0 bridgehead atoms. The molecule has 0 saturated carbocycles. The lowest BCUT2D eigenvalue weighted by atomic mass is 10.1. The second kappa shape index (κ2) is 4.52. The van der Waals surface area contributed by atoms with Crippen molar-refractivity contribution in [1.82, 2.24) is 9.97 Å². The molecule has 1 saturated heterocycles. The van der Waals surface area contributed by atoms with Gasteiger partial charge in [0.2, 0.25) is 0 Å². The van der Waals surface area contributed by atoms with Crippen LogP contribution in [-0.4, -0.2) is 29.1 Å². The largest absolute Gasteiger partial charge is 0.424 e. The molecule has 1 aliphatic rings. The number of anilines is 2. The lowest BCUT2D eigenvalue weighted by Crippen LogP contribution is -2.55. The van der Waals surface area contributed by atoms with Crippen molar-refractivity contribution in [3.63, 3.8) is 0 Å². The van der Waals surface area contributed by atoms with E-state index in [1.165, 1.54) is 0 Å². The Morgan fingerprint density at radius 3 is 2.75 bits per heavy atom. The third-order valence-electron chi connectivity index (χ3n) is 3.48. The van der Waals surface area contributed by atoms with E-state index in [1.807, 2.05) is 48.7 Å². The number of hydrogen-bond acceptors (Lipinski definition) is 5. The van der Waals surface area contributed by atoms with Crippen LogP contribution in [0.25, 0.3) is 11.1 Å². The summed E-state index contributed by atoms with van der Waals surface area (Å²) in [6, 6.07) is 14.7. The minimum Gasteiger partial charge on any atom is -0.424 e. The van der Waals surface area contributed by atoms with Gasteiger partial charge >= 0.3 is 0 Å². The van der Waals surface area contributed by atoms with E-state index in [9.17, 15) is 0 Å². The van der Waals surface area contributed by atoms with E-state index in [-0.39, 0.29) is 0 Å². The highest BCUT2D eigenvalue weighted by Gasteiger charge is 2.28. The van der Waals surface area contributed by atoms with E-state index < -0.39 is 0 Å². The van der Waals surface area contributed by atoms with Crippen molar-refractivity contribution in [2.45, 2.75) is 6.04 Å². The van der Waals surface area contributed by atoms with Gasteiger partial charge in [0.05, 0.1) is 6.04 Å². The van der Waals surface area contributed by atoms with Crippen molar-refractivity contribution in [3.05, 3.63) is 48.7 Å². The number of fused-ring (bicyclic) bond motifs is 1. The number of nitrogens with one attached hydrogen (secondary N) is 1.